The average molecular weight is 641 g/mol. The molecule has 9 rings (SSSR count). The SMILES string of the molecule is c1ccc(-c2cc(-c3ccccc3)nc(-c3cccc(-c4cccc5c4Oc4ccccc4C5(c4ccccc4)c4ccccc4)c3)n2)cc1. The van der Waals surface area contributed by atoms with E-state index in [4.69, 9.17) is 14.7 Å². The molecule has 0 radical (unpaired) electrons. The van der Waals surface area contributed by atoms with Crippen LogP contribution in [-0.4, -0.2) is 9.97 Å². The minimum Gasteiger partial charge on any atom is -0.456 e. The minimum absolute atomic E-state index is 0.585. The molecule has 0 bridgehead atoms. The topological polar surface area (TPSA) is 35.0 Å². The van der Waals surface area contributed by atoms with Gasteiger partial charge in [0.05, 0.1) is 16.8 Å². The van der Waals surface area contributed by atoms with Crippen LogP contribution in [0.15, 0.2) is 194 Å². The van der Waals surface area contributed by atoms with Gasteiger partial charge in [0, 0.05) is 33.4 Å². The minimum atomic E-state index is -0.585. The Balaban J connectivity index is 1.25. The molecule has 0 saturated carbocycles. The summed E-state index contributed by atoms with van der Waals surface area (Å²) in [7, 11) is 0. The molecule has 0 fully saturated rings. The van der Waals surface area contributed by atoms with Crippen molar-refractivity contribution in [3.63, 3.8) is 0 Å². The van der Waals surface area contributed by atoms with Crippen molar-refractivity contribution in [2.24, 2.45) is 0 Å². The second-order valence-corrected chi connectivity index (χ2v) is 12.5. The van der Waals surface area contributed by atoms with Crippen LogP contribution in [0.4, 0.5) is 0 Å². The summed E-state index contributed by atoms with van der Waals surface area (Å²) in [4.78, 5) is 10.2. The summed E-state index contributed by atoms with van der Waals surface area (Å²) in [5, 5.41) is 0. The molecule has 0 aliphatic carbocycles. The lowest BCUT2D eigenvalue weighted by atomic mass is 9.63. The number of nitrogens with zero attached hydrogens (tertiary/aromatic N) is 2. The summed E-state index contributed by atoms with van der Waals surface area (Å²) in [6.45, 7) is 0. The number of benzene rings is 7. The van der Waals surface area contributed by atoms with Crippen LogP contribution in [0.2, 0.25) is 0 Å². The van der Waals surface area contributed by atoms with Crippen LogP contribution in [-0.2, 0) is 5.41 Å². The number of para-hydroxylation sites is 2. The van der Waals surface area contributed by atoms with E-state index in [1.807, 2.05) is 36.4 Å². The molecule has 1 aromatic heterocycles. The van der Waals surface area contributed by atoms with Crippen LogP contribution < -0.4 is 4.74 Å². The number of ether oxygens (including phenoxy) is 1. The molecule has 50 heavy (non-hydrogen) atoms. The first-order valence-corrected chi connectivity index (χ1v) is 16.9. The zero-order valence-corrected chi connectivity index (χ0v) is 27.3. The molecule has 8 aromatic rings. The third-order valence-electron chi connectivity index (χ3n) is 9.63. The van der Waals surface area contributed by atoms with Crippen molar-refractivity contribution in [1.29, 1.82) is 0 Å². The monoisotopic (exact) mass is 640 g/mol. The molecule has 0 atom stereocenters. The molecule has 7 aromatic carbocycles. The summed E-state index contributed by atoms with van der Waals surface area (Å²) in [6.07, 6.45) is 0. The second-order valence-electron chi connectivity index (χ2n) is 12.5. The highest BCUT2D eigenvalue weighted by molar-refractivity contribution is 5.82. The van der Waals surface area contributed by atoms with Gasteiger partial charge in [0.1, 0.15) is 11.5 Å². The molecule has 0 spiro atoms. The fraction of sp³-hybridized carbons (Fsp3) is 0.0213. The van der Waals surface area contributed by atoms with Gasteiger partial charge in [-0.25, -0.2) is 9.97 Å². The van der Waals surface area contributed by atoms with Gasteiger partial charge in [0.25, 0.3) is 0 Å². The van der Waals surface area contributed by atoms with Gasteiger partial charge >= 0.3 is 0 Å². The summed E-state index contributed by atoms with van der Waals surface area (Å²) < 4.78 is 6.93. The van der Waals surface area contributed by atoms with Gasteiger partial charge in [0.15, 0.2) is 5.82 Å². The van der Waals surface area contributed by atoms with Gasteiger partial charge in [-0.1, -0.05) is 176 Å². The van der Waals surface area contributed by atoms with E-state index >= 15 is 0 Å². The van der Waals surface area contributed by atoms with Crippen molar-refractivity contribution >= 4 is 0 Å². The first-order valence-electron chi connectivity index (χ1n) is 16.9. The Morgan fingerprint density at radius 1 is 0.380 bits per heavy atom. The average Bonchev–Trinajstić information content (AvgIpc) is 3.21. The van der Waals surface area contributed by atoms with Crippen LogP contribution in [0.3, 0.4) is 0 Å². The summed E-state index contributed by atoms with van der Waals surface area (Å²) in [6, 6.07) is 67.7. The van der Waals surface area contributed by atoms with E-state index < -0.39 is 5.41 Å². The Morgan fingerprint density at radius 2 is 0.860 bits per heavy atom. The molecule has 0 saturated heterocycles. The fourth-order valence-electron chi connectivity index (χ4n) is 7.37. The maximum Gasteiger partial charge on any atom is 0.160 e. The maximum absolute atomic E-state index is 6.93. The predicted molar refractivity (Wildman–Crippen MR) is 202 cm³/mol. The fourth-order valence-corrected chi connectivity index (χ4v) is 7.37. The van der Waals surface area contributed by atoms with Gasteiger partial charge in [-0.05, 0) is 34.9 Å². The predicted octanol–water partition coefficient (Wildman–Crippen LogP) is 11.6. The van der Waals surface area contributed by atoms with Gasteiger partial charge in [-0.3, -0.25) is 0 Å². The Hall–Kier alpha value is -6.58. The summed E-state index contributed by atoms with van der Waals surface area (Å²) in [5.74, 6) is 2.37. The van der Waals surface area contributed by atoms with E-state index in [1.54, 1.807) is 0 Å². The lowest BCUT2D eigenvalue weighted by Crippen LogP contribution is -2.34. The van der Waals surface area contributed by atoms with Crippen LogP contribution in [0, 0.1) is 0 Å². The second kappa shape index (κ2) is 12.5. The van der Waals surface area contributed by atoms with Crippen LogP contribution in [0.5, 0.6) is 11.5 Å². The normalized spacial score (nSPS) is 12.7. The lowest BCUT2D eigenvalue weighted by molar-refractivity contribution is 0.436. The first kappa shape index (κ1) is 29.6. The summed E-state index contributed by atoms with van der Waals surface area (Å²) >= 11 is 0. The van der Waals surface area contributed by atoms with Gasteiger partial charge in [0.2, 0.25) is 0 Å². The first-order chi connectivity index (χ1) is 24.8. The Bertz CT molecular complexity index is 2350. The smallest absolute Gasteiger partial charge is 0.160 e. The molecule has 3 nitrogen and oxygen atoms in total. The molecular weight excluding hydrogens is 609 g/mol. The molecular formula is C47H32N2O. The van der Waals surface area contributed by atoms with Gasteiger partial charge in [-0.2, -0.15) is 0 Å². The van der Waals surface area contributed by atoms with Crippen LogP contribution in [0.1, 0.15) is 22.3 Å². The highest BCUT2D eigenvalue weighted by Crippen LogP contribution is 2.57. The largest absolute Gasteiger partial charge is 0.456 e. The highest BCUT2D eigenvalue weighted by Gasteiger charge is 2.45. The molecule has 0 N–H and O–H groups in total. The Kier molecular flexibility index (Phi) is 7.37. The van der Waals surface area contributed by atoms with Gasteiger partial charge < -0.3 is 4.74 Å². The molecule has 3 heteroatoms. The van der Waals surface area contributed by atoms with Gasteiger partial charge in [-0.15, -0.1) is 0 Å². The quantitative estimate of drug-likeness (QED) is 0.181. The molecule has 1 aliphatic rings. The van der Waals surface area contributed by atoms with E-state index in [2.05, 4.69) is 158 Å². The highest BCUT2D eigenvalue weighted by atomic mass is 16.5. The van der Waals surface area contributed by atoms with Crippen LogP contribution in [0.25, 0.3) is 45.0 Å². The van der Waals surface area contributed by atoms with Crippen molar-refractivity contribution in [3.05, 3.63) is 216 Å². The van der Waals surface area contributed by atoms with E-state index in [0.717, 1.165) is 61.8 Å². The number of hydrogen-bond donors (Lipinski definition) is 0. The van der Waals surface area contributed by atoms with E-state index in [9.17, 15) is 0 Å². The van der Waals surface area contributed by atoms with Crippen molar-refractivity contribution in [2.45, 2.75) is 5.41 Å². The van der Waals surface area contributed by atoms with Crippen molar-refractivity contribution in [3.8, 4) is 56.5 Å². The zero-order valence-electron chi connectivity index (χ0n) is 27.3. The standard InChI is InChI=1S/C47H32N2O/c1-5-17-33(18-6-1)42-32-43(34-19-7-2-8-20-34)49-46(48-42)36-22-15-21-35(31-36)39-27-16-29-41-45(39)50-44-30-14-13-28-40(44)47(41,37-23-9-3-10-24-37)38-25-11-4-12-26-38/h1-32H. The van der Waals surface area contributed by atoms with Crippen LogP contribution >= 0.6 is 0 Å². The van der Waals surface area contributed by atoms with E-state index in [-0.39, 0.29) is 0 Å². The lowest BCUT2D eigenvalue weighted by Gasteiger charge is -2.42. The van der Waals surface area contributed by atoms with Crippen molar-refractivity contribution in [1.82, 2.24) is 9.97 Å². The van der Waals surface area contributed by atoms with E-state index in [1.165, 1.54) is 11.1 Å². The Labute approximate surface area is 292 Å². The maximum atomic E-state index is 6.93. The number of rotatable bonds is 6. The van der Waals surface area contributed by atoms with E-state index in [0.29, 0.717) is 5.82 Å². The summed E-state index contributed by atoms with van der Waals surface area (Å²) in [5.41, 5.74) is 10.9. The third kappa shape index (κ3) is 4.99. The molecule has 1 aliphatic heterocycles. The van der Waals surface area contributed by atoms with Crippen molar-refractivity contribution in [2.75, 3.05) is 0 Å². The number of hydrogen-bond acceptors (Lipinski definition) is 3. The molecule has 0 unspecified atom stereocenters. The Morgan fingerprint density at radius 3 is 1.48 bits per heavy atom. The molecule has 0 amide bonds. The zero-order chi connectivity index (χ0) is 33.3. The third-order valence-corrected chi connectivity index (χ3v) is 9.63. The number of aromatic nitrogens is 2. The van der Waals surface area contributed by atoms with Crippen molar-refractivity contribution < 1.29 is 4.74 Å². The number of fused-ring (bicyclic) bond motifs is 2. The molecule has 2 heterocycles. The molecule has 236 valence electrons.